The minimum Gasteiger partial charge on any atom is -0.351 e. The molecule has 2 nitrogen and oxygen atoms in total. The molecule has 0 atom stereocenters. The van der Waals surface area contributed by atoms with Gasteiger partial charge in [0.1, 0.15) is 5.82 Å². The summed E-state index contributed by atoms with van der Waals surface area (Å²) in [5, 5.41) is 3.01. The molecule has 1 saturated carbocycles. The summed E-state index contributed by atoms with van der Waals surface area (Å²) in [7, 11) is 0. The molecule has 1 N–H and O–H groups in total. The fraction of sp³-hybridized carbons (Fsp3) is 0.533. The molecule has 1 aliphatic carbocycles. The maximum atomic E-state index is 13.0. The van der Waals surface area contributed by atoms with E-state index < -0.39 is 0 Å². The van der Waals surface area contributed by atoms with Crippen molar-refractivity contribution in [3.8, 4) is 0 Å². The van der Waals surface area contributed by atoms with Crippen LogP contribution in [0.3, 0.4) is 0 Å². The molecule has 1 aromatic rings. The van der Waals surface area contributed by atoms with E-state index in [0.717, 1.165) is 12.8 Å². The zero-order valence-electron chi connectivity index (χ0n) is 11.5. The number of rotatable bonds is 4. The minimum absolute atomic E-state index is 0.0992. The van der Waals surface area contributed by atoms with Crippen LogP contribution in [0, 0.1) is 12.7 Å². The minimum atomic E-state index is -0.301. The van der Waals surface area contributed by atoms with Crippen LogP contribution in [0.2, 0.25) is 0 Å². The van der Waals surface area contributed by atoms with Crippen molar-refractivity contribution in [3.63, 3.8) is 0 Å². The van der Waals surface area contributed by atoms with Gasteiger partial charge in [0.05, 0.1) is 0 Å². The fourth-order valence-corrected chi connectivity index (χ4v) is 3.60. The smallest absolute Gasteiger partial charge is 0.251 e. The van der Waals surface area contributed by atoms with Crippen LogP contribution in [0.1, 0.15) is 41.6 Å². The van der Waals surface area contributed by atoms with Crippen LogP contribution < -0.4 is 5.32 Å². The van der Waals surface area contributed by atoms with E-state index in [0.29, 0.717) is 17.7 Å². The van der Waals surface area contributed by atoms with E-state index in [1.807, 2.05) is 11.8 Å². The number of amides is 1. The number of hydrogen-bond donors (Lipinski definition) is 1. The number of benzene rings is 1. The zero-order valence-corrected chi connectivity index (χ0v) is 12.3. The van der Waals surface area contributed by atoms with Crippen molar-refractivity contribution in [2.45, 2.75) is 37.4 Å². The van der Waals surface area contributed by atoms with Gasteiger partial charge >= 0.3 is 0 Å². The van der Waals surface area contributed by atoms with Gasteiger partial charge in [0.25, 0.3) is 5.91 Å². The maximum absolute atomic E-state index is 13.0. The lowest BCUT2D eigenvalue weighted by molar-refractivity contribution is 0.0949. The van der Waals surface area contributed by atoms with Crippen LogP contribution in [-0.4, -0.2) is 23.5 Å². The molecule has 0 unspecified atom stereocenters. The summed E-state index contributed by atoms with van der Waals surface area (Å²) in [6.45, 7) is 2.46. The second-order valence-corrected chi connectivity index (χ2v) is 6.51. The van der Waals surface area contributed by atoms with E-state index in [-0.39, 0.29) is 16.5 Å². The van der Waals surface area contributed by atoms with Gasteiger partial charge in [-0.2, -0.15) is 11.8 Å². The van der Waals surface area contributed by atoms with Crippen LogP contribution in [-0.2, 0) is 0 Å². The molecule has 1 amide bonds. The van der Waals surface area contributed by atoms with Gasteiger partial charge in [0, 0.05) is 16.9 Å². The third-order valence-corrected chi connectivity index (χ3v) is 5.37. The zero-order chi connectivity index (χ0) is 13.9. The third-order valence-electron chi connectivity index (χ3n) is 3.95. The Labute approximate surface area is 118 Å². The summed E-state index contributed by atoms with van der Waals surface area (Å²) in [6.07, 6.45) is 6.92. The summed E-state index contributed by atoms with van der Waals surface area (Å²) in [5.74, 6) is -0.400. The van der Waals surface area contributed by atoms with Crippen molar-refractivity contribution < 1.29 is 9.18 Å². The average Bonchev–Trinajstić information content (AvgIpc) is 2.85. The van der Waals surface area contributed by atoms with E-state index in [1.165, 1.54) is 25.0 Å². The SMILES string of the molecule is CSC1(CNC(=O)c2ccc(F)cc2C)CCCC1. The Morgan fingerprint density at radius 1 is 1.42 bits per heavy atom. The molecule has 0 aromatic heterocycles. The molecule has 4 heteroatoms. The van der Waals surface area contributed by atoms with Crippen LogP contribution in [0.4, 0.5) is 4.39 Å². The van der Waals surface area contributed by atoms with Crippen molar-refractivity contribution in [1.29, 1.82) is 0 Å². The highest BCUT2D eigenvalue weighted by atomic mass is 32.2. The molecule has 2 rings (SSSR count). The fourth-order valence-electron chi connectivity index (χ4n) is 2.69. The summed E-state index contributed by atoms with van der Waals surface area (Å²) < 4.78 is 13.2. The highest BCUT2D eigenvalue weighted by Gasteiger charge is 2.33. The molecule has 1 aliphatic rings. The van der Waals surface area contributed by atoms with E-state index in [9.17, 15) is 9.18 Å². The Bertz CT molecular complexity index is 469. The molecule has 19 heavy (non-hydrogen) atoms. The normalized spacial score (nSPS) is 17.4. The van der Waals surface area contributed by atoms with Crippen LogP contribution in [0.25, 0.3) is 0 Å². The van der Waals surface area contributed by atoms with E-state index in [1.54, 1.807) is 13.0 Å². The standard InChI is InChI=1S/C15H20FNOS/c1-11-9-12(16)5-6-13(11)14(18)17-10-15(19-2)7-3-4-8-15/h5-6,9H,3-4,7-8,10H2,1-2H3,(H,17,18). The quantitative estimate of drug-likeness (QED) is 0.914. The van der Waals surface area contributed by atoms with Gasteiger partial charge in [-0.15, -0.1) is 0 Å². The van der Waals surface area contributed by atoms with E-state index >= 15 is 0 Å². The molecular formula is C15H20FNOS. The molecule has 104 valence electrons. The van der Waals surface area contributed by atoms with Gasteiger partial charge < -0.3 is 5.32 Å². The first-order valence-corrected chi connectivity index (χ1v) is 7.88. The highest BCUT2D eigenvalue weighted by molar-refractivity contribution is 8.00. The molecule has 0 saturated heterocycles. The maximum Gasteiger partial charge on any atom is 0.251 e. The molecule has 0 spiro atoms. The third kappa shape index (κ3) is 3.30. The number of thioether (sulfide) groups is 1. The second kappa shape index (κ2) is 5.95. The highest BCUT2D eigenvalue weighted by Crippen LogP contribution is 2.39. The predicted octanol–water partition coefficient (Wildman–Crippen LogP) is 3.54. The van der Waals surface area contributed by atoms with E-state index in [4.69, 9.17) is 0 Å². The van der Waals surface area contributed by atoms with Crippen molar-refractivity contribution in [3.05, 3.63) is 35.1 Å². The van der Waals surface area contributed by atoms with Crippen molar-refractivity contribution in [2.75, 3.05) is 12.8 Å². The van der Waals surface area contributed by atoms with Gasteiger partial charge in [-0.1, -0.05) is 12.8 Å². The first-order chi connectivity index (χ1) is 9.06. The van der Waals surface area contributed by atoms with E-state index in [2.05, 4.69) is 11.6 Å². The number of carbonyl (C=O) groups is 1. The second-order valence-electron chi connectivity index (χ2n) is 5.24. The average molecular weight is 281 g/mol. The van der Waals surface area contributed by atoms with Crippen LogP contribution >= 0.6 is 11.8 Å². The summed E-state index contributed by atoms with van der Waals surface area (Å²) in [6, 6.07) is 4.29. The number of carbonyl (C=O) groups excluding carboxylic acids is 1. The van der Waals surface area contributed by atoms with Crippen molar-refractivity contribution in [1.82, 2.24) is 5.32 Å². The van der Waals surface area contributed by atoms with Crippen molar-refractivity contribution >= 4 is 17.7 Å². The Hall–Kier alpha value is -1.03. The van der Waals surface area contributed by atoms with Crippen LogP contribution in [0.5, 0.6) is 0 Å². The number of nitrogens with one attached hydrogen (secondary N) is 1. The molecular weight excluding hydrogens is 261 g/mol. The first kappa shape index (κ1) is 14.4. The number of halogens is 1. The van der Waals surface area contributed by atoms with Gasteiger partial charge in [-0.3, -0.25) is 4.79 Å². The Morgan fingerprint density at radius 2 is 2.11 bits per heavy atom. The monoisotopic (exact) mass is 281 g/mol. The summed E-state index contributed by atoms with van der Waals surface area (Å²) in [4.78, 5) is 12.1. The Morgan fingerprint density at radius 3 is 2.68 bits per heavy atom. The molecule has 0 aliphatic heterocycles. The van der Waals surface area contributed by atoms with Gasteiger partial charge in [-0.05, 0) is 49.8 Å². The largest absolute Gasteiger partial charge is 0.351 e. The van der Waals surface area contributed by atoms with Gasteiger partial charge in [0.15, 0.2) is 0 Å². The predicted molar refractivity (Wildman–Crippen MR) is 78.2 cm³/mol. The summed E-state index contributed by atoms with van der Waals surface area (Å²) >= 11 is 1.85. The number of aryl methyl sites for hydroxylation is 1. The van der Waals surface area contributed by atoms with Gasteiger partial charge in [0.2, 0.25) is 0 Å². The molecule has 0 radical (unpaired) electrons. The van der Waals surface area contributed by atoms with Crippen LogP contribution in [0.15, 0.2) is 18.2 Å². The first-order valence-electron chi connectivity index (χ1n) is 6.66. The summed E-state index contributed by atoms with van der Waals surface area (Å²) in [5.41, 5.74) is 1.25. The molecule has 1 fully saturated rings. The lowest BCUT2D eigenvalue weighted by atomic mass is 10.1. The molecule has 1 aromatic carbocycles. The molecule has 0 bridgehead atoms. The Kier molecular flexibility index (Phi) is 4.50. The Balaban J connectivity index is 2.01. The number of hydrogen-bond acceptors (Lipinski definition) is 2. The van der Waals surface area contributed by atoms with Crippen molar-refractivity contribution in [2.24, 2.45) is 0 Å². The lowest BCUT2D eigenvalue weighted by Gasteiger charge is -2.27. The topological polar surface area (TPSA) is 29.1 Å². The molecule has 0 heterocycles. The van der Waals surface area contributed by atoms with Gasteiger partial charge in [-0.25, -0.2) is 4.39 Å². The lowest BCUT2D eigenvalue weighted by Crippen LogP contribution is -2.38.